The normalized spacial score (nSPS) is 20.2. The van der Waals surface area contributed by atoms with Gasteiger partial charge in [0.25, 0.3) is 0 Å². The van der Waals surface area contributed by atoms with Gasteiger partial charge >= 0.3 is 251 Å². The molecule has 0 saturated carbocycles. The molecule has 224 valence electrons. The van der Waals surface area contributed by atoms with Crippen molar-refractivity contribution in [3.05, 3.63) is 162 Å². The maximum absolute atomic E-state index is 15.5. The van der Waals surface area contributed by atoms with Gasteiger partial charge in [-0.1, -0.05) is 0 Å². The average Bonchev–Trinajstić information content (AvgIpc) is 3.36. The van der Waals surface area contributed by atoms with E-state index in [-0.39, 0.29) is 17.2 Å². The van der Waals surface area contributed by atoms with Crippen LogP contribution in [0.5, 0.6) is 0 Å². The third-order valence-corrected chi connectivity index (χ3v) is 15.7. The molecular weight excluding hydrogens is 595 g/mol. The minimum absolute atomic E-state index is 0.0673. The standard InChI is InChI=1S/C35H26F6NOP/c36-34(37,38)33(35(39,40)41)30-23-13-14-24-31(30)44(43-33,29-21-11-4-12-22-29)32(26-15-5-1-6-16-26,27-17-7-2-8-18-27)25-42(44)28-19-9-3-10-20-28/h1-24H,25H2. The molecule has 7 rings (SSSR count). The fourth-order valence-electron chi connectivity index (χ4n) is 7.57. The van der Waals surface area contributed by atoms with E-state index in [4.69, 9.17) is 4.52 Å². The summed E-state index contributed by atoms with van der Waals surface area (Å²) in [6, 6.07) is 39.6. The first-order valence-electron chi connectivity index (χ1n) is 14.0. The number of rotatable bonds is 4. The summed E-state index contributed by atoms with van der Waals surface area (Å²) in [6.45, 7) is -5.31. The number of benzene rings is 5. The second-order valence-electron chi connectivity index (χ2n) is 11.1. The van der Waals surface area contributed by atoms with Gasteiger partial charge in [-0.05, 0) is 0 Å². The van der Waals surface area contributed by atoms with Crippen LogP contribution in [0.1, 0.15) is 16.7 Å². The molecule has 5 aromatic rings. The molecule has 0 aliphatic carbocycles. The van der Waals surface area contributed by atoms with E-state index in [1.165, 1.54) is 18.2 Å². The Kier molecular flexibility index (Phi) is 6.14. The zero-order valence-electron chi connectivity index (χ0n) is 23.1. The molecular formula is C35H26F6NOP. The second-order valence-corrected chi connectivity index (χ2v) is 15.5. The molecule has 0 atom stereocenters. The minimum atomic E-state index is -5.85. The summed E-state index contributed by atoms with van der Waals surface area (Å²) in [7, 11) is 0. The van der Waals surface area contributed by atoms with Crippen molar-refractivity contribution in [1.82, 2.24) is 0 Å². The van der Waals surface area contributed by atoms with E-state index >= 15 is 26.3 Å². The molecule has 0 aromatic heterocycles. The summed E-state index contributed by atoms with van der Waals surface area (Å²) in [5, 5.41) is -1.30. The summed E-state index contributed by atoms with van der Waals surface area (Å²) in [5.41, 5.74) is -3.94. The number of hydrogen-bond acceptors (Lipinski definition) is 2. The van der Waals surface area contributed by atoms with Gasteiger partial charge in [0.15, 0.2) is 0 Å². The van der Waals surface area contributed by atoms with Crippen LogP contribution in [0.4, 0.5) is 32.0 Å². The molecule has 2 aliphatic rings. The Morgan fingerprint density at radius 2 is 0.977 bits per heavy atom. The number of halogens is 6. The Labute approximate surface area is 250 Å². The molecule has 0 unspecified atom stereocenters. The van der Waals surface area contributed by atoms with Gasteiger partial charge in [0.2, 0.25) is 0 Å². The topological polar surface area (TPSA) is 12.5 Å². The van der Waals surface area contributed by atoms with Crippen LogP contribution in [-0.4, -0.2) is 18.9 Å². The summed E-state index contributed by atoms with van der Waals surface area (Å²) in [5.74, 6) is 0. The molecule has 1 fully saturated rings. The number of anilines is 1. The Morgan fingerprint density at radius 3 is 1.48 bits per heavy atom. The van der Waals surface area contributed by atoms with Crippen molar-refractivity contribution in [1.29, 1.82) is 0 Å². The molecule has 1 saturated heterocycles. The fraction of sp³-hybridized carbons (Fsp3) is 0.143. The van der Waals surface area contributed by atoms with Crippen LogP contribution in [0, 0.1) is 0 Å². The van der Waals surface area contributed by atoms with Crippen LogP contribution in [0.25, 0.3) is 0 Å². The predicted octanol–water partition coefficient (Wildman–Crippen LogP) is 8.83. The summed E-state index contributed by atoms with van der Waals surface area (Å²) in [6.07, 6.45) is -11.7. The van der Waals surface area contributed by atoms with E-state index in [9.17, 15) is 0 Å². The van der Waals surface area contributed by atoms with Gasteiger partial charge in [-0.3, -0.25) is 0 Å². The van der Waals surface area contributed by atoms with Crippen LogP contribution in [0.2, 0.25) is 0 Å². The van der Waals surface area contributed by atoms with Gasteiger partial charge in [-0.2, -0.15) is 0 Å². The van der Waals surface area contributed by atoms with Gasteiger partial charge in [-0.15, -0.1) is 0 Å². The first kappa shape index (κ1) is 28.6. The Bertz CT molecular complexity index is 1760. The van der Waals surface area contributed by atoms with Crippen molar-refractivity contribution in [3.63, 3.8) is 0 Å². The first-order chi connectivity index (χ1) is 21.0. The van der Waals surface area contributed by atoms with E-state index < -0.39 is 35.7 Å². The quantitative estimate of drug-likeness (QED) is 0.147. The van der Waals surface area contributed by atoms with E-state index in [1.807, 2.05) is 0 Å². The van der Waals surface area contributed by atoms with Crippen molar-refractivity contribution in [2.24, 2.45) is 0 Å². The van der Waals surface area contributed by atoms with Gasteiger partial charge in [-0.25, -0.2) is 0 Å². The van der Waals surface area contributed by atoms with Gasteiger partial charge < -0.3 is 0 Å². The SMILES string of the molecule is FC(F)(F)C1(C(F)(F)F)OP2(c3ccccc3)(c3ccccc31)N(c1ccccc1)CC2(c1ccccc1)c1ccccc1. The van der Waals surface area contributed by atoms with Gasteiger partial charge in [0.05, 0.1) is 0 Å². The Hall–Kier alpha value is -4.13. The van der Waals surface area contributed by atoms with E-state index in [2.05, 4.69) is 0 Å². The number of hydrogen-bond donors (Lipinski definition) is 0. The third kappa shape index (κ3) is 3.20. The molecule has 2 nitrogen and oxygen atoms in total. The van der Waals surface area contributed by atoms with Crippen molar-refractivity contribution in [2.45, 2.75) is 23.1 Å². The summed E-state index contributed by atoms with van der Waals surface area (Å²) in [4.78, 5) is 0. The molecule has 0 N–H and O–H groups in total. The number of alkyl halides is 6. The first-order valence-corrected chi connectivity index (χ1v) is 16.1. The maximum atomic E-state index is 15.5. The summed E-state index contributed by atoms with van der Waals surface area (Å²) < 4.78 is 101. The predicted molar refractivity (Wildman–Crippen MR) is 161 cm³/mol. The molecule has 2 aliphatic heterocycles. The molecule has 0 amide bonds. The van der Waals surface area contributed by atoms with E-state index in [0.29, 0.717) is 16.8 Å². The van der Waals surface area contributed by atoms with Crippen molar-refractivity contribution < 1.29 is 30.9 Å². The number of para-hydroxylation sites is 1. The van der Waals surface area contributed by atoms with Crippen LogP contribution >= 0.6 is 6.98 Å². The van der Waals surface area contributed by atoms with Crippen molar-refractivity contribution in [2.75, 3.05) is 11.2 Å². The zero-order chi connectivity index (χ0) is 30.9. The molecule has 44 heavy (non-hydrogen) atoms. The molecule has 1 spiro atoms. The van der Waals surface area contributed by atoms with Crippen molar-refractivity contribution >= 4 is 23.3 Å². The Balaban J connectivity index is 1.79. The monoisotopic (exact) mass is 621 g/mol. The number of fused-ring (bicyclic) bond motifs is 2. The molecule has 9 heteroatoms. The van der Waals surface area contributed by atoms with E-state index in [1.54, 1.807) is 126 Å². The molecule has 0 bridgehead atoms. The third-order valence-electron chi connectivity index (χ3n) is 9.18. The van der Waals surface area contributed by atoms with Gasteiger partial charge in [0, 0.05) is 0 Å². The van der Waals surface area contributed by atoms with Gasteiger partial charge in [0.1, 0.15) is 0 Å². The average molecular weight is 622 g/mol. The molecule has 5 aromatic carbocycles. The zero-order valence-corrected chi connectivity index (χ0v) is 24.0. The molecule has 2 heterocycles. The fourth-order valence-corrected chi connectivity index (χ4v) is 15.2. The van der Waals surface area contributed by atoms with Crippen LogP contribution in [0.3, 0.4) is 0 Å². The van der Waals surface area contributed by atoms with Crippen LogP contribution < -0.4 is 15.3 Å². The summed E-state index contributed by atoms with van der Waals surface area (Å²) >= 11 is 0. The second kappa shape index (κ2) is 9.43. The number of nitrogens with zero attached hydrogens (tertiary/aromatic N) is 1. The molecule has 0 radical (unpaired) electrons. The van der Waals surface area contributed by atoms with Crippen molar-refractivity contribution in [3.8, 4) is 0 Å². The van der Waals surface area contributed by atoms with Crippen LogP contribution in [-0.2, 0) is 15.3 Å². The van der Waals surface area contributed by atoms with Crippen LogP contribution in [0.15, 0.2) is 146 Å². The van der Waals surface area contributed by atoms with E-state index in [0.717, 1.165) is 6.07 Å². The Morgan fingerprint density at radius 1 is 0.545 bits per heavy atom.